The lowest BCUT2D eigenvalue weighted by molar-refractivity contribution is 0.0947. The first-order chi connectivity index (χ1) is 14.7. The molecule has 1 amide bonds. The van der Waals surface area contributed by atoms with Gasteiger partial charge in [0.05, 0.1) is 11.0 Å². The van der Waals surface area contributed by atoms with Gasteiger partial charge in [0.1, 0.15) is 0 Å². The van der Waals surface area contributed by atoms with Crippen molar-refractivity contribution in [1.82, 2.24) is 25.1 Å². The second kappa shape index (κ2) is 7.62. The Labute approximate surface area is 172 Å². The molecule has 8 heteroatoms. The van der Waals surface area contributed by atoms with E-state index in [4.69, 9.17) is 0 Å². The Morgan fingerprint density at radius 2 is 1.80 bits per heavy atom. The van der Waals surface area contributed by atoms with Gasteiger partial charge in [-0.1, -0.05) is 29.5 Å². The molecule has 8 nitrogen and oxygen atoms in total. The second-order valence-corrected chi connectivity index (χ2v) is 7.57. The van der Waals surface area contributed by atoms with Crippen molar-refractivity contribution in [3.8, 4) is 0 Å². The van der Waals surface area contributed by atoms with Crippen LogP contribution >= 0.6 is 0 Å². The van der Waals surface area contributed by atoms with Crippen molar-refractivity contribution in [3.63, 3.8) is 0 Å². The molecule has 0 spiro atoms. The van der Waals surface area contributed by atoms with Crippen molar-refractivity contribution < 1.29 is 4.79 Å². The zero-order chi connectivity index (χ0) is 20.5. The first-order valence-corrected chi connectivity index (χ1v) is 10.2. The molecule has 152 valence electrons. The molecule has 0 aliphatic carbocycles. The van der Waals surface area contributed by atoms with E-state index < -0.39 is 11.5 Å². The summed E-state index contributed by atoms with van der Waals surface area (Å²) in [6.45, 7) is 2.54. The van der Waals surface area contributed by atoms with Gasteiger partial charge in [0.25, 0.3) is 11.5 Å². The Hall–Kier alpha value is -3.68. The van der Waals surface area contributed by atoms with Gasteiger partial charge in [-0.05, 0) is 49.1 Å². The summed E-state index contributed by atoms with van der Waals surface area (Å²) in [6.07, 6.45) is 3.77. The van der Waals surface area contributed by atoms with Gasteiger partial charge in [0, 0.05) is 25.3 Å². The van der Waals surface area contributed by atoms with E-state index >= 15 is 0 Å². The molecule has 3 heterocycles. The zero-order valence-electron chi connectivity index (χ0n) is 16.5. The highest BCUT2D eigenvalue weighted by molar-refractivity contribution is 5.99. The van der Waals surface area contributed by atoms with Crippen LogP contribution in [0, 0.1) is 0 Å². The number of fused-ring (bicyclic) bond motifs is 3. The number of benzene rings is 2. The highest BCUT2D eigenvalue weighted by Gasteiger charge is 2.19. The lowest BCUT2D eigenvalue weighted by Gasteiger charge is -2.28. The van der Waals surface area contributed by atoms with Gasteiger partial charge in [-0.15, -0.1) is 5.10 Å². The molecule has 4 aromatic rings. The maximum absolute atomic E-state index is 12.7. The summed E-state index contributed by atoms with van der Waals surface area (Å²) in [5.74, 6) is -0.425. The molecule has 2 N–H and O–H groups in total. The molecular formula is C22H22N6O2. The van der Waals surface area contributed by atoms with Crippen LogP contribution in [-0.4, -0.2) is 38.8 Å². The van der Waals surface area contributed by atoms with Gasteiger partial charge in [0.2, 0.25) is 0 Å². The minimum atomic E-state index is -0.425. The molecule has 1 aliphatic rings. The number of aromatic nitrogens is 4. The number of hydrogen-bond acceptors (Lipinski definition) is 5. The molecule has 1 fully saturated rings. The number of amides is 1. The third-order valence-corrected chi connectivity index (χ3v) is 5.59. The van der Waals surface area contributed by atoms with Crippen LogP contribution in [0.5, 0.6) is 0 Å². The molecule has 30 heavy (non-hydrogen) atoms. The summed E-state index contributed by atoms with van der Waals surface area (Å²) in [7, 11) is 0. The van der Waals surface area contributed by atoms with E-state index in [9.17, 15) is 9.59 Å². The molecule has 1 aliphatic heterocycles. The van der Waals surface area contributed by atoms with Crippen molar-refractivity contribution in [2.45, 2.75) is 25.8 Å². The number of rotatable bonds is 4. The maximum Gasteiger partial charge on any atom is 0.277 e. The lowest BCUT2D eigenvalue weighted by Crippen LogP contribution is -2.29. The summed E-state index contributed by atoms with van der Waals surface area (Å²) < 4.78 is 1.41. The smallest absolute Gasteiger partial charge is 0.277 e. The van der Waals surface area contributed by atoms with E-state index in [0.717, 1.165) is 18.7 Å². The quantitative estimate of drug-likeness (QED) is 0.547. The van der Waals surface area contributed by atoms with Crippen molar-refractivity contribution in [3.05, 3.63) is 70.1 Å². The molecule has 0 bridgehead atoms. The van der Waals surface area contributed by atoms with Gasteiger partial charge >= 0.3 is 0 Å². The molecule has 0 unspecified atom stereocenters. The monoisotopic (exact) mass is 402 g/mol. The Bertz CT molecular complexity index is 1270. The lowest BCUT2D eigenvalue weighted by atomic mass is 10.1. The van der Waals surface area contributed by atoms with E-state index in [2.05, 4.69) is 37.6 Å². The first-order valence-electron chi connectivity index (χ1n) is 10.2. The summed E-state index contributed by atoms with van der Waals surface area (Å²) in [5.41, 5.74) is 3.30. The number of nitrogens with one attached hydrogen (secondary N) is 2. The second-order valence-electron chi connectivity index (χ2n) is 7.57. The number of carbonyl (C=O) groups excluding carboxylic acids is 1. The SMILES string of the molecule is O=C(NCc1ccc(N2CCCCC2)cc1)c1nnn2c1c(=O)[nH]c1ccccc12. The predicted molar refractivity (Wildman–Crippen MR) is 115 cm³/mol. The van der Waals surface area contributed by atoms with Crippen LogP contribution < -0.4 is 15.8 Å². The number of H-pyrrole nitrogens is 1. The predicted octanol–water partition coefficient (Wildman–Crippen LogP) is 2.49. The topological polar surface area (TPSA) is 95.4 Å². The average molecular weight is 402 g/mol. The van der Waals surface area contributed by atoms with Gasteiger partial charge in [0.15, 0.2) is 11.2 Å². The minimum Gasteiger partial charge on any atom is -0.372 e. The van der Waals surface area contributed by atoms with Gasteiger partial charge in [-0.25, -0.2) is 4.52 Å². The fourth-order valence-electron chi connectivity index (χ4n) is 4.00. The third-order valence-electron chi connectivity index (χ3n) is 5.59. The number of anilines is 1. The van der Waals surface area contributed by atoms with Crippen LogP contribution in [0.3, 0.4) is 0 Å². The van der Waals surface area contributed by atoms with E-state index in [0.29, 0.717) is 17.6 Å². The number of hydrogen-bond donors (Lipinski definition) is 2. The average Bonchev–Trinajstić information content (AvgIpc) is 3.25. The van der Waals surface area contributed by atoms with Crippen molar-refractivity contribution in [2.75, 3.05) is 18.0 Å². The summed E-state index contributed by atoms with van der Waals surface area (Å²) in [5, 5.41) is 10.8. The van der Waals surface area contributed by atoms with Crippen LogP contribution in [0.15, 0.2) is 53.3 Å². The van der Waals surface area contributed by atoms with Crippen molar-refractivity contribution in [1.29, 1.82) is 0 Å². The first kappa shape index (κ1) is 18.4. The van der Waals surface area contributed by atoms with Crippen LogP contribution in [0.1, 0.15) is 35.3 Å². The molecule has 2 aromatic carbocycles. The number of nitrogens with zero attached hydrogens (tertiary/aromatic N) is 4. The number of carbonyl (C=O) groups is 1. The Morgan fingerprint density at radius 1 is 1.03 bits per heavy atom. The van der Waals surface area contributed by atoms with Gasteiger partial charge < -0.3 is 15.2 Å². The molecule has 0 atom stereocenters. The van der Waals surface area contributed by atoms with Crippen LogP contribution in [-0.2, 0) is 6.54 Å². The fraction of sp³-hybridized carbons (Fsp3) is 0.273. The standard InChI is InChI=1S/C22H22N6O2/c29-21(23-14-15-8-10-16(11-9-15)27-12-4-1-5-13-27)19-20-22(30)24-17-6-2-3-7-18(17)28(20)26-25-19/h2-3,6-11H,1,4-5,12-14H2,(H,23,29)(H,24,30). The molecular weight excluding hydrogens is 380 g/mol. The molecule has 2 aromatic heterocycles. The maximum atomic E-state index is 12.7. The molecule has 1 saturated heterocycles. The Balaban J connectivity index is 1.34. The highest BCUT2D eigenvalue weighted by atomic mass is 16.2. The van der Waals surface area contributed by atoms with Crippen LogP contribution in [0.2, 0.25) is 0 Å². The van der Waals surface area contributed by atoms with Crippen LogP contribution in [0.25, 0.3) is 16.6 Å². The fourth-order valence-corrected chi connectivity index (χ4v) is 4.00. The number of piperidine rings is 1. The van der Waals surface area contributed by atoms with E-state index in [-0.39, 0.29) is 11.2 Å². The number of aromatic amines is 1. The summed E-state index contributed by atoms with van der Waals surface area (Å²) in [6, 6.07) is 15.5. The van der Waals surface area contributed by atoms with Crippen LogP contribution in [0.4, 0.5) is 5.69 Å². The van der Waals surface area contributed by atoms with Gasteiger partial charge in [-0.2, -0.15) is 0 Å². The van der Waals surface area contributed by atoms with E-state index in [1.54, 1.807) is 6.07 Å². The molecule has 5 rings (SSSR count). The summed E-state index contributed by atoms with van der Waals surface area (Å²) in [4.78, 5) is 30.4. The van der Waals surface area contributed by atoms with Crippen molar-refractivity contribution in [2.24, 2.45) is 0 Å². The van der Waals surface area contributed by atoms with E-state index in [1.165, 1.54) is 29.5 Å². The highest BCUT2D eigenvalue weighted by Crippen LogP contribution is 2.20. The Kier molecular flexibility index (Phi) is 4.66. The molecule has 0 saturated carbocycles. The normalized spacial score (nSPS) is 14.3. The number of para-hydroxylation sites is 2. The largest absolute Gasteiger partial charge is 0.372 e. The molecule has 0 radical (unpaired) electrons. The minimum absolute atomic E-state index is 0.0203. The zero-order valence-corrected chi connectivity index (χ0v) is 16.5. The Morgan fingerprint density at radius 3 is 2.60 bits per heavy atom. The third kappa shape index (κ3) is 3.30. The van der Waals surface area contributed by atoms with E-state index in [1.807, 2.05) is 30.3 Å². The van der Waals surface area contributed by atoms with Crippen molar-refractivity contribution >= 4 is 28.1 Å². The summed E-state index contributed by atoms with van der Waals surface area (Å²) >= 11 is 0. The van der Waals surface area contributed by atoms with Gasteiger partial charge in [-0.3, -0.25) is 9.59 Å².